The Morgan fingerprint density at radius 1 is 1.12 bits per heavy atom. The minimum Gasteiger partial charge on any atom is -0.469 e. The van der Waals surface area contributed by atoms with E-state index in [1.54, 1.807) is 24.3 Å². The summed E-state index contributed by atoms with van der Waals surface area (Å²) in [5, 5.41) is 14.9. The zero-order valence-electron chi connectivity index (χ0n) is 12.4. The molecule has 7 heteroatoms. The summed E-state index contributed by atoms with van der Waals surface area (Å²) in [7, 11) is 0. The van der Waals surface area contributed by atoms with Crippen molar-refractivity contribution in [3.63, 3.8) is 0 Å². The minimum atomic E-state index is -1.03. The minimum absolute atomic E-state index is 0.293. The van der Waals surface area contributed by atoms with E-state index in [1.165, 1.54) is 10.9 Å². The number of H-pyrrole nitrogens is 1. The number of aromatic nitrogens is 2. The number of benzene rings is 1. The molecule has 24 heavy (non-hydrogen) atoms. The van der Waals surface area contributed by atoms with Crippen LogP contribution in [0.2, 0.25) is 0 Å². The molecule has 0 saturated carbocycles. The van der Waals surface area contributed by atoms with E-state index in [-0.39, 0.29) is 5.56 Å². The monoisotopic (exact) mass is 320 g/mol. The van der Waals surface area contributed by atoms with Gasteiger partial charge in [-0.2, -0.15) is 5.26 Å². The second kappa shape index (κ2) is 5.28. The van der Waals surface area contributed by atoms with Gasteiger partial charge in [-0.1, -0.05) is 18.2 Å². The van der Waals surface area contributed by atoms with Crippen molar-refractivity contribution in [1.29, 1.82) is 5.26 Å². The van der Waals surface area contributed by atoms with Crippen LogP contribution in [0.3, 0.4) is 0 Å². The third kappa shape index (κ3) is 1.97. The average molecular weight is 320 g/mol. The Kier molecular flexibility index (Phi) is 3.10. The Bertz CT molecular complexity index is 993. The quantitative estimate of drug-likeness (QED) is 0.753. The fraction of sp³-hybridized carbons (Fsp3) is 0.118. The number of hydrogen-bond donors (Lipinski definition) is 2. The Morgan fingerprint density at radius 2 is 1.92 bits per heavy atom. The third-order valence-corrected chi connectivity index (χ3v) is 4.10. The number of aromatic amines is 1. The molecule has 1 aliphatic rings. The zero-order chi connectivity index (χ0) is 16.7. The molecule has 0 unspecified atom stereocenters. The number of furan rings is 1. The second-order valence-electron chi connectivity index (χ2n) is 5.47. The highest BCUT2D eigenvalue weighted by atomic mass is 16.3. The summed E-state index contributed by atoms with van der Waals surface area (Å²) in [5.41, 5.74) is 0.635. The highest BCUT2D eigenvalue weighted by Crippen LogP contribution is 2.38. The number of nitriles is 1. The maximum absolute atomic E-state index is 12.9. The third-order valence-electron chi connectivity index (χ3n) is 4.10. The van der Waals surface area contributed by atoms with Crippen molar-refractivity contribution in [1.82, 2.24) is 9.78 Å². The number of amides is 1. The number of hydrogen-bond acceptors (Lipinski definition) is 4. The van der Waals surface area contributed by atoms with Crippen LogP contribution in [0.25, 0.3) is 5.69 Å². The van der Waals surface area contributed by atoms with Crippen molar-refractivity contribution in [2.24, 2.45) is 5.92 Å². The molecule has 4 rings (SSSR count). The predicted octanol–water partition coefficient (Wildman–Crippen LogP) is 1.98. The summed E-state index contributed by atoms with van der Waals surface area (Å²) in [4.78, 5) is 25.2. The number of rotatable bonds is 2. The molecule has 2 N–H and O–H groups in total. The number of nitrogens with zero attached hydrogens (tertiary/aromatic N) is 2. The molecule has 0 spiro atoms. The molecule has 1 aromatic carbocycles. The van der Waals surface area contributed by atoms with Gasteiger partial charge in [0.15, 0.2) is 0 Å². The first-order valence-electron chi connectivity index (χ1n) is 7.35. The highest BCUT2D eigenvalue weighted by Gasteiger charge is 2.42. The van der Waals surface area contributed by atoms with Gasteiger partial charge in [0.2, 0.25) is 5.91 Å². The summed E-state index contributed by atoms with van der Waals surface area (Å²) in [6.07, 6.45) is 1.46. The van der Waals surface area contributed by atoms with Crippen LogP contribution in [-0.2, 0) is 4.79 Å². The number of carbonyl (C=O) groups excluding carboxylic acids is 1. The van der Waals surface area contributed by atoms with Crippen molar-refractivity contribution in [3.05, 3.63) is 70.4 Å². The average Bonchev–Trinajstić information content (AvgIpc) is 3.23. The van der Waals surface area contributed by atoms with Gasteiger partial charge < -0.3 is 9.73 Å². The van der Waals surface area contributed by atoms with Gasteiger partial charge >= 0.3 is 0 Å². The smallest absolute Gasteiger partial charge is 0.277 e. The number of fused-ring (bicyclic) bond motifs is 1. The molecule has 3 heterocycles. The molecular weight excluding hydrogens is 308 g/mol. The van der Waals surface area contributed by atoms with E-state index in [2.05, 4.69) is 10.4 Å². The molecule has 7 nitrogen and oxygen atoms in total. The Hall–Kier alpha value is -3.53. The van der Waals surface area contributed by atoms with Gasteiger partial charge in [0, 0.05) is 0 Å². The summed E-state index contributed by atoms with van der Waals surface area (Å²) < 4.78 is 6.73. The van der Waals surface area contributed by atoms with Gasteiger partial charge in [-0.3, -0.25) is 14.7 Å². The van der Waals surface area contributed by atoms with Gasteiger partial charge in [0.05, 0.1) is 29.5 Å². The van der Waals surface area contributed by atoms with Crippen LogP contribution in [-0.4, -0.2) is 15.7 Å². The standard InChI is InChI=1S/C17H12N4O3/c18-9-11-13(12-7-4-8-24-12)14-15(19-16(11)22)20-21(17(14)23)10-5-2-1-3-6-10/h1-8,11,13,20H,(H,19,22)/t11-,13-/m0/s1. The van der Waals surface area contributed by atoms with Crippen LogP contribution >= 0.6 is 0 Å². The van der Waals surface area contributed by atoms with Crippen molar-refractivity contribution in [3.8, 4) is 11.8 Å². The molecule has 118 valence electrons. The summed E-state index contributed by atoms with van der Waals surface area (Å²) in [5.74, 6) is -1.54. The molecule has 1 amide bonds. The van der Waals surface area contributed by atoms with Gasteiger partial charge in [-0.15, -0.1) is 0 Å². The van der Waals surface area contributed by atoms with Crippen LogP contribution in [0, 0.1) is 17.2 Å². The van der Waals surface area contributed by atoms with Crippen molar-refractivity contribution < 1.29 is 9.21 Å². The van der Waals surface area contributed by atoms with E-state index < -0.39 is 17.7 Å². The summed E-state index contributed by atoms with van der Waals surface area (Å²) in [6.45, 7) is 0. The zero-order valence-corrected chi connectivity index (χ0v) is 12.4. The molecule has 2 atom stereocenters. The van der Waals surface area contributed by atoms with E-state index in [0.29, 0.717) is 22.8 Å². The van der Waals surface area contributed by atoms with Crippen LogP contribution < -0.4 is 10.9 Å². The topological polar surface area (TPSA) is 104 Å². The van der Waals surface area contributed by atoms with Crippen LogP contribution in [0.15, 0.2) is 57.9 Å². The SMILES string of the molecule is N#C[C@@H]1C(=O)Nc2[nH]n(-c3ccccc3)c(=O)c2[C@@H]1c1ccco1. The number of carbonyl (C=O) groups is 1. The fourth-order valence-corrected chi connectivity index (χ4v) is 3.02. The van der Waals surface area contributed by atoms with Crippen LogP contribution in [0.1, 0.15) is 17.2 Å². The van der Waals surface area contributed by atoms with Crippen LogP contribution in [0.5, 0.6) is 0 Å². The first kappa shape index (κ1) is 14.1. The van der Waals surface area contributed by atoms with Crippen molar-refractivity contribution in [2.75, 3.05) is 5.32 Å². The first-order valence-corrected chi connectivity index (χ1v) is 7.35. The van der Waals surface area contributed by atoms with E-state index in [0.717, 1.165) is 0 Å². The molecule has 3 aromatic rings. The lowest BCUT2D eigenvalue weighted by Crippen LogP contribution is -2.35. The van der Waals surface area contributed by atoms with Gasteiger partial charge in [-0.25, -0.2) is 4.68 Å². The molecular formula is C17H12N4O3. The predicted molar refractivity (Wildman–Crippen MR) is 84.7 cm³/mol. The first-order chi connectivity index (χ1) is 11.7. The maximum Gasteiger partial charge on any atom is 0.277 e. The molecule has 0 aliphatic carbocycles. The van der Waals surface area contributed by atoms with Crippen LogP contribution in [0.4, 0.5) is 5.82 Å². The lowest BCUT2D eigenvalue weighted by molar-refractivity contribution is -0.119. The van der Waals surface area contributed by atoms with Crippen molar-refractivity contribution in [2.45, 2.75) is 5.92 Å². The van der Waals surface area contributed by atoms with E-state index in [9.17, 15) is 14.9 Å². The van der Waals surface area contributed by atoms with Gasteiger partial charge in [0.25, 0.3) is 5.56 Å². The second-order valence-corrected chi connectivity index (χ2v) is 5.47. The van der Waals surface area contributed by atoms with Gasteiger partial charge in [-0.05, 0) is 24.3 Å². The van der Waals surface area contributed by atoms with E-state index in [4.69, 9.17) is 4.42 Å². The number of para-hydroxylation sites is 1. The Morgan fingerprint density at radius 3 is 2.58 bits per heavy atom. The largest absolute Gasteiger partial charge is 0.469 e. The lowest BCUT2D eigenvalue weighted by atomic mass is 9.83. The van der Waals surface area contributed by atoms with E-state index in [1.807, 2.05) is 24.3 Å². The summed E-state index contributed by atoms with van der Waals surface area (Å²) >= 11 is 0. The molecule has 0 bridgehead atoms. The molecule has 0 saturated heterocycles. The molecule has 1 aliphatic heterocycles. The highest BCUT2D eigenvalue weighted by molar-refractivity contribution is 5.97. The number of anilines is 1. The molecule has 0 radical (unpaired) electrons. The normalized spacial score (nSPS) is 19.4. The Balaban J connectivity index is 1.95. The molecule has 0 fully saturated rings. The van der Waals surface area contributed by atoms with Crippen molar-refractivity contribution >= 4 is 11.7 Å². The molecule has 2 aromatic heterocycles. The number of nitrogens with one attached hydrogen (secondary N) is 2. The lowest BCUT2D eigenvalue weighted by Gasteiger charge is -2.23. The Labute approximate surface area is 136 Å². The summed E-state index contributed by atoms with van der Waals surface area (Å²) in [6, 6.07) is 14.3. The fourth-order valence-electron chi connectivity index (χ4n) is 3.02. The maximum atomic E-state index is 12.9. The van der Waals surface area contributed by atoms with E-state index >= 15 is 0 Å². The van der Waals surface area contributed by atoms with Gasteiger partial charge in [0.1, 0.15) is 17.5 Å².